The van der Waals surface area contributed by atoms with Gasteiger partial charge in [-0.3, -0.25) is 0 Å². The van der Waals surface area contributed by atoms with E-state index >= 15 is 0 Å². The summed E-state index contributed by atoms with van der Waals surface area (Å²) in [5.74, 6) is 0.805. The fourth-order valence-electron chi connectivity index (χ4n) is 1.53. The number of aryl methyl sites for hydroxylation is 1. The van der Waals surface area contributed by atoms with Crippen LogP contribution in [0.3, 0.4) is 0 Å². The van der Waals surface area contributed by atoms with Crippen molar-refractivity contribution < 1.29 is 9.47 Å². The smallest absolute Gasteiger partial charge is 0.152 e. The second-order valence-electron chi connectivity index (χ2n) is 3.84. The molecule has 96 valence electrons. The summed E-state index contributed by atoms with van der Waals surface area (Å²) in [6.45, 7) is 4.75. The molecule has 1 rings (SSSR count). The average molecular weight is 239 g/mol. The molecule has 0 saturated carbocycles. The molecule has 5 heteroatoms. The summed E-state index contributed by atoms with van der Waals surface area (Å²) in [6, 6.07) is 1.91. The normalized spacial score (nSPS) is 10.5. The number of nitrogens with zero attached hydrogens (tertiary/aromatic N) is 2. The van der Waals surface area contributed by atoms with E-state index in [9.17, 15) is 0 Å². The summed E-state index contributed by atoms with van der Waals surface area (Å²) < 4.78 is 10.2. The first-order chi connectivity index (χ1) is 8.20. The number of pyridine rings is 1. The summed E-state index contributed by atoms with van der Waals surface area (Å²) in [5, 5.41) is 0. The fourth-order valence-corrected chi connectivity index (χ4v) is 1.53. The Hall–Kier alpha value is -1.33. The third-order valence-electron chi connectivity index (χ3n) is 2.62. The Morgan fingerprint density at radius 2 is 1.82 bits per heavy atom. The quantitative estimate of drug-likeness (QED) is 0.771. The molecule has 0 aliphatic carbocycles. The second kappa shape index (κ2) is 7.09. The van der Waals surface area contributed by atoms with Crippen LogP contribution < -0.4 is 10.6 Å². The molecule has 0 radical (unpaired) electrons. The molecular weight excluding hydrogens is 218 g/mol. The Bertz CT molecular complexity index is 337. The molecule has 0 aliphatic heterocycles. The number of ether oxygens (including phenoxy) is 2. The largest absolute Gasteiger partial charge is 0.396 e. The fraction of sp³-hybridized carbons (Fsp3) is 0.583. The number of methoxy groups -OCH3 is 2. The molecule has 0 aliphatic rings. The number of aromatic nitrogens is 1. The van der Waals surface area contributed by atoms with Crippen molar-refractivity contribution >= 4 is 11.5 Å². The Labute approximate surface area is 103 Å². The van der Waals surface area contributed by atoms with Crippen LogP contribution in [0.2, 0.25) is 0 Å². The van der Waals surface area contributed by atoms with Crippen molar-refractivity contribution in [3.05, 3.63) is 17.8 Å². The zero-order chi connectivity index (χ0) is 12.7. The monoisotopic (exact) mass is 239 g/mol. The molecule has 17 heavy (non-hydrogen) atoms. The number of anilines is 2. The van der Waals surface area contributed by atoms with Crippen LogP contribution in [0.4, 0.5) is 11.5 Å². The zero-order valence-electron chi connectivity index (χ0n) is 10.8. The molecule has 0 unspecified atom stereocenters. The first-order valence-corrected chi connectivity index (χ1v) is 5.64. The van der Waals surface area contributed by atoms with Gasteiger partial charge >= 0.3 is 0 Å². The summed E-state index contributed by atoms with van der Waals surface area (Å²) in [7, 11) is 3.36. The molecule has 0 fully saturated rings. The highest BCUT2D eigenvalue weighted by Gasteiger charge is 2.12. The van der Waals surface area contributed by atoms with Gasteiger partial charge in [-0.25, -0.2) is 4.98 Å². The summed E-state index contributed by atoms with van der Waals surface area (Å²) >= 11 is 0. The number of nitrogen functional groups attached to an aromatic ring is 1. The number of hydrogen-bond donors (Lipinski definition) is 1. The average Bonchev–Trinajstić information content (AvgIpc) is 2.34. The third kappa shape index (κ3) is 3.87. The maximum absolute atomic E-state index is 6.04. The van der Waals surface area contributed by atoms with Gasteiger partial charge in [-0.2, -0.15) is 0 Å². The maximum Gasteiger partial charge on any atom is 0.152 e. The summed E-state index contributed by atoms with van der Waals surface area (Å²) in [6.07, 6.45) is 1.77. The van der Waals surface area contributed by atoms with Crippen molar-refractivity contribution in [1.29, 1.82) is 0 Å². The van der Waals surface area contributed by atoms with Gasteiger partial charge in [0.1, 0.15) is 0 Å². The first kappa shape index (κ1) is 13.7. The van der Waals surface area contributed by atoms with Crippen LogP contribution >= 0.6 is 0 Å². The van der Waals surface area contributed by atoms with Gasteiger partial charge in [0.05, 0.1) is 18.9 Å². The molecular formula is C12H21N3O2. The molecule has 5 nitrogen and oxygen atoms in total. The summed E-state index contributed by atoms with van der Waals surface area (Å²) in [5.41, 5.74) is 7.80. The van der Waals surface area contributed by atoms with E-state index in [0.29, 0.717) is 13.2 Å². The molecule has 0 amide bonds. The van der Waals surface area contributed by atoms with E-state index in [1.54, 1.807) is 20.4 Å². The van der Waals surface area contributed by atoms with Crippen LogP contribution in [-0.4, -0.2) is 45.5 Å². The highest BCUT2D eigenvalue weighted by atomic mass is 16.5. The maximum atomic E-state index is 6.04. The Morgan fingerprint density at radius 1 is 1.24 bits per heavy atom. The van der Waals surface area contributed by atoms with E-state index in [4.69, 9.17) is 15.2 Å². The number of nitrogens with two attached hydrogens (primary N) is 1. The summed E-state index contributed by atoms with van der Waals surface area (Å²) in [4.78, 5) is 6.41. The molecule has 1 aromatic rings. The van der Waals surface area contributed by atoms with Crippen LogP contribution in [0.25, 0.3) is 0 Å². The minimum Gasteiger partial charge on any atom is -0.396 e. The molecule has 1 heterocycles. The minimum absolute atomic E-state index is 0.638. The van der Waals surface area contributed by atoms with E-state index in [-0.39, 0.29) is 0 Å². The third-order valence-corrected chi connectivity index (χ3v) is 2.62. The van der Waals surface area contributed by atoms with Crippen molar-refractivity contribution in [3.63, 3.8) is 0 Å². The first-order valence-electron chi connectivity index (χ1n) is 5.64. The van der Waals surface area contributed by atoms with Crippen molar-refractivity contribution in [2.24, 2.45) is 0 Å². The van der Waals surface area contributed by atoms with Gasteiger partial charge in [0.15, 0.2) is 5.82 Å². The highest BCUT2D eigenvalue weighted by Crippen LogP contribution is 2.22. The molecule has 1 aromatic heterocycles. The molecule has 0 bridgehead atoms. The molecule has 2 N–H and O–H groups in total. The standard InChI is InChI=1S/C12H21N3O2/c1-10-4-5-14-12(11(10)13)15(6-8-16-2)7-9-17-3/h4-5H,6-9,13H2,1-3H3. The lowest BCUT2D eigenvalue weighted by Crippen LogP contribution is -2.32. The van der Waals surface area contributed by atoms with Gasteiger partial charge in [-0.15, -0.1) is 0 Å². The lowest BCUT2D eigenvalue weighted by molar-refractivity contribution is 0.190. The molecule has 0 saturated heterocycles. The van der Waals surface area contributed by atoms with Gasteiger partial charge in [0, 0.05) is 33.5 Å². The van der Waals surface area contributed by atoms with E-state index in [0.717, 1.165) is 30.2 Å². The number of hydrogen-bond acceptors (Lipinski definition) is 5. The van der Waals surface area contributed by atoms with E-state index in [2.05, 4.69) is 9.88 Å². The number of rotatable bonds is 7. The Balaban J connectivity index is 2.83. The Morgan fingerprint density at radius 3 is 2.35 bits per heavy atom. The van der Waals surface area contributed by atoms with Gasteiger partial charge in [0.25, 0.3) is 0 Å². The van der Waals surface area contributed by atoms with Gasteiger partial charge in [-0.05, 0) is 18.6 Å². The Kier molecular flexibility index (Phi) is 5.72. The topological polar surface area (TPSA) is 60.6 Å². The molecule has 0 spiro atoms. The lowest BCUT2D eigenvalue weighted by Gasteiger charge is -2.24. The van der Waals surface area contributed by atoms with Crippen molar-refractivity contribution in [2.45, 2.75) is 6.92 Å². The van der Waals surface area contributed by atoms with Gasteiger partial charge < -0.3 is 20.1 Å². The van der Waals surface area contributed by atoms with Crippen molar-refractivity contribution in [1.82, 2.24) is 4.98 Å². The van der Waals surface area contributed by atoms with Gasteiger partial charge in [-0.1, -0.05) is 0 Å². The van der Waals surface area contributed by atoms with Gasteiger partial charge in [0.2, 0.25) is 0 Å². The van der Waals surface area contributed by atoms with Crippen LogP contribution in [0.1, 0.15) is 5.56 Å². The lowest BCUT2D eigenvalue weighted by atomic mass is 10.2. The van der Waals surface area contributed by atoms with Crippen LogP contribution in [0, 0.1) is 6.92 Å². The van der Waals surface area contributed by atoms with Crippen LogP contribution in [0.5, 0.6) is 0 Å². The van der Waals surface area contributed by atoms with E-state index < -0.39 is 0 Å². The minimum atomic E-state index is 0.638. The van der Waals surface area contributed by atoms with Crippen molar-refractivity contribution in [2.75, 3.05) is 51.2 Å². The van der Waals surface area contributed by atoms with Crippen LogP contribution in [-0.2, 0) is 9.47 Å². The van der Waals surface area contributed by atoms with E-state index in [1.165, 1.54) is 0 Å². The van der Waals surface area contributed by atoms with Crippen LogP contribution in [0.15, 0.2) is 12.3 Å². The molecule has 0 aromatic carbocycles. The second-order valence-corrected chi connectivity index (χ2v) is 3.84. The highest BCUT2D eigenvalue weighted by molar-refractivity contribution is 5.66. The predicted octanol–water partition coefficient (Wildman–Crippen LogP) is 1.07. The van der Waals surface area contributed by atoms with E-state index in [1.807, 2.05) is 13.0 Å². The zero-order valence-corrected chi connectivity index (χ0v) is 10.8. The molecule has 0 atom stereocenters. The SMILES string of the molecule is COCCN(CCOC)c1nccc(C)c1N. The van der Waals surface area contributed by atoms with Crippen molar-refractivity contribution in [3.8, 4) is 0 Å². The predicted molar refractivity (Wildman–Crippen MR) is 69.4 cm³/mol.